The molecule has 0 radical (unpaired) electrons. The van der Waals surface area contributed by atoms with Gasteiger partial charge in [-0.25, -0.2) is 8.42 Å². The van der Waals surface area contributed by atoms with E-state index in [1.165, 1.54) is 6.08 Å². The van der Waals surface area contributed by atoms with Crippen LogP contribution in [0.5, 0.6) is 0 Å². The number of nitrogens with one attached hydrogen (secondary N) is 2. The molecule has 0 bridgehead atoms. The van der Waals surface area contributed by atoms with Crippen LogP contribution in [-0.4, -0.2) is 14.3 Å². The van der Waals surface area contributed by atoms with E-state index in [1.54, 1.807) is 24.3 Å². The van der Waals surface area contributed by atoms with Gasteiger partial charge >= 0.3 is 0 Å². The summed E-state index contributed by atoms with van der Waals surface area (Å²) in [4.78, 5) is 11.7. The van der Waals surface area contributed by atoms with E-state index >= 15 is 0 Å². The molecule has 0 aliphatic carbocycles. The minimum atomic E-state index is -3.60. The Kier molecular flexibility index (Phi) is 6.36. The van der Waals surface area contributed by atoms with E-state index in [0.717, 1.165) is 11.0 Å². The van der Waals surface area contributed by atoms with Gasteiger partial charge in [0.1, 0.15) is 0 Å². The highest BCUT2D eigenvalue weighted by molar-refractivity contribution is 7.95. The normalized spacial score (nSPS) is 11.6. The molecule has 0 unspecified atom stereocenters. The Balaban J connectivity index is 1.98. The predicted molar refractivity (Wildman–Crippen MR) is 103 cm³/mol. The zero-order valence-corrected chi connectivity index (χ0v) is 15.1. The summed E-state index contributed by atoms with van der Waals surface area (Å²) in [6.07, 6.45) is 1.97. The number of carbonyl (C=O) groups is 1. The van der Waals surface area contributed by atoms with Crippen LogP contribution in [0.25, 0.3) is 6.08 Å². The maximum atomic E-state index is 12.1. The van der Waals surface area contributed by atoms with Gasteiger partial charge in [0, 0.05) is 17.8 Å². The van der Waals surface area contributed by atoms with Crippen molar-refractivity contribution in [3.8, 4) is 0 Å². The monoisotopic (exact) mass is 358 g/mol. The van der Waals surface area contributed by atoms with E-state index in [-0.39, 0.29) is 11.8 Å². The molecular weight excluding hydrogens is 336 g/mol. The fraction of sp³-hybridized carbons (Fsp3) is 0.211. The van der Waals surface area contributed by atoms with Crippen molar-refractivity contribution in [2.24, 2.45) is 5.92 Å². The van der Waals surface area contributed by atoms with Crippen molar-refractivity contribution in [2.75, 3.05) is 10.0 Å². The van der Waals surface area contributed by atoms with Crippen molar-refractivity contribution >= 4 is 33.4 Å². The number of hydrogen-bond donors (Lipinski definition) is 2. The second-order valence-electron chi connectivity index (χ2n) is 6.08. The smallest absolute Gasteiger partial charge is 0.255 e. The topological polar surface area (TPSA) is 75.3 Å². The summed E-state index contributed by atoms with van der Waals surface area (Å²) in [7, 11) is -3.60. The van der Waals surface area contributed by atoms with Gasteiger partial charge in [-0.1, -0.05) is 44.2 Å². The first-order valence-electron chi connectivity index (χ1n) is 8.00. The lowest BCUT2D eigenvalue weighted by molar-refractivity contribution is -0.116. The number of carbonyl (C=O) groups excluding carboxylic acids is 1. The van der Waals surface area contributed by atoms with Gasteiger partial charge in [0.05, 0.1) is 5.41 Å². The summed E-state index contributed by atoms with van der Waals surface area (Å²) in [5.41, 5.74) is 1.86. The molecule has 0 fully saturated rings. The molecule has 1 amide bonds. The third-order valence-corrected chi connectivity index (χ3v) is 4.28. The average Bonchev–Trinajstić information content (AvgIpc) is 2.55. The molecule has 2 aromatic carbocycles. The maximum absolute atomic E-state index is 12.1. The lowest BCUT2D eigenvalue weighted by atomic mass is 10.1. The average molecular weight is 358 g/mol. The summed E-state index contributed by atoms with van der Waals surface area (Å²) in [6.45, 7) is 3.95. The van der Waals surface area contributed by atoms with Gasteiger partial charge in [0.2, 0.25) is 5.91 Å². The number of sulfonamides is 1. The van der Waals surface area contributed by atoms with Crippen molar-refractivity contribution in [2.45, 2.75) is 20.3 Å². The van der Waals surface area contributed by atoms with Crippen LogP contribution in [0, 0.1) is 5.92 Å². The number of rotatable bonds is 7. The van der Waals surface area contributed by atoms with Crippen molar-refractivity contribution < 1.29 is 13.2 Å². The Hall–Kier alpha value is -2.60. The van der Waals surface area contributed by atoms with E-state index in [0.29, 0.717) is 17.8 Å². The van der Waals surface area contributed by atoms with Gasteiger partial charge in [-0.2, -0.15) is 0 Å². The maximum Gasteiger partial charge on any atom is 0.255 e. The predicted octanol–water partition coefficient (Wildman–Crippen LogP) is 4.08. The molecule has 0 spiro atoms. The minimum Gasteiger partial charge on any atom is -0.326 e. The fourth-order valence-corrected chi connectivity index (χ4v) is 3.00. The molecular formula is C19H22N2O3S. The second-order valence-corrected chi connectivity index (χ2v) is 7.65. The second kappa shape index (κ2) is 8.48. The number of anilines is 2. The highest BCUT2D eigenvalue weighted by Crippen LogP contribution is 2.16. The van der Waals surface area contributed by atoms with Crippen LogP contribution in [0.1, 0.15) is 25.8 Å². The van der Waals surface area contributed by atoms with E-state index < -0.39 is 10.0 Å². The molecule has 0 saturated heterocycles. The number of amides is 1. The molecule has 0 atom stereocenters. The summed E-state index contributed by atoms with van der Waals surface area (Å²) in [6, 6.07) is 15.7. The molecule has 2 rings (SSSR count). The van der Waals surface area contributed by atoms with Crippen LogP contribution in [0.3, 0.4) is 0 Å². The van der Waals surface area contributed by atoms with E-state index in [1.807, 2.05) is 44.2 Å². The summed E-state index contributed by atoms with van der Waals surface area (Å²) in [5, 5.41) is 3.91. The first-order valence-corrected chi connectivity index (χ1v) is 9.54. The van der Waals surface area contributed by atoms with E-state index in [9.17, 15) is 13.2 Å². The van der Waals surface area contributed by atoms with Crippen molar-refractivity contribution in [3.63, 3.8) is 0 Å². The Morgan fingerprint density at radius 1 is 1.00 bits per heavy atom. The van der Waals surface area contributed by atoms with Crippen LogP contribution in [0.15, 0.2) is 60.0 Å². The van der Waals surface area contributed by atoms with E-state index in [2.05, 4.69) is 10.0 Å². The van der Waals surface area contributed by atoms with Crippen LogP contribution in [0.2, 0.25) is 0 Å². The zero-order valence-electron chi connectivity index (χ0n) is 14.3. The Morgan fingerprint density at radius 2 is 1.60 bits per heavy atom. The number of benzene rings is 2. The Labute approximate surface area is 148 Å². The molecule has 2 N–H and O–H groups in total. The molecule has 2 aromatic rings. The van der Waals surface area contributed by atoms with Crippen LogP contribution in [-0.2, 0) is 14.8 Å². The third kappa shape index (κ3) is 6.81. The van der Waals surface area contributed by atoms with E-state index in [4.69, 9.17) is 0 Å². The molecule has 0 aliphatic heterocycles. The minimum absolute atomic E-state index is 0.0610. The third-order valence-electron chi connectivity index (χ3n) is 3.26. The zero-order chi connectivity index (χ0) is 18.3. The number of hydrogen-bond acceptors (Lipinski definition) is 3. The van der Waals surface area contributed by atoms with Crippen molar-refractivity contribution in [1.29, 1.82) is 0 Å². The quantitative estimate of drug-likeness (QED) is 0.783. The Morgan fingerprint density at radius 3 is 2.20 bits per heavy atom. The summed E-state index contributed by atoms with van der Waals surface area (Å²) >= 11 is 0. The van der Waals surface area contributed by atoms with Crippen LogP contribution < -0.4 is 10.0 Å². The first-order chi connectivity index (χ1) is 11.8. The highest BCUT2D eigenvalue weighted by atomic mass is 32.2. The first kappa shape index (κ1) is 18.7. The lowest BCUT2D eigenvalue weighted by Gasteiger charge is -2.09. The molecule has 6 heteroatoms. The van der Waals surface area contributed by atoms with Crippen molar-refractivity contribution in [3.05, 3.63) is 65.6 Å². The molecule has 0 aromatic heterocycles. The largest absolute Gasteiger partial charge is 0.326 e. The van der Waals surface area contributed by atoms with Gasteiger partial charge in [-0.05, 0) is 41.8 Å². The van der Waals surface area contributed by atoms with Gasteiger partial charge in [0.15, 0.2) is 0 Å². The van der Waals surface area contributed by atoms with Crippen molar-refractivity contribution in [1.82, 2.24) is 0 Å². The molecule has 0 aliphatic rings. The van der Waals surface area contributed by atoms with Gasteiger partial charge in [-0.3, -0.25) is 9.52 Å². The van der Waals surface area contributed by atoms with Crippen LogP contribution in [0.4, 0.5) is 11.4 Å². The molecule has 25 heavy (non-hydrogen) atoms. The van der Waals surface area contributed by atoms with Crippen LogP contribution >= 0.6 is 0 Å². The molecule has 0 saturated carbocycles. The standard InChI is InChI=1S/C19H22N2O3S/c1-15(2)14-19(22)20-17-8-10-18(11-9-17)21-25(23,24)13-12-16-6-4-3-5-7-16/h3-13,15,21H,14H2,1-2H3,(H,20,22)/b13-12+. The Bertz CT molecular complexity index is 827. The SMILES string of the molecule is CC(C)CC(=O)Nc1ccc(NS(=O)(=O)/C=C/c2ccccc2)cc1. The molecule has 5 nitrogen and oxygen atoms in total. The van der Waals surface area contributed by atoms with Gasteiger partial charge < -0.3 is 5.32 Å². The summed E-state index contributed by atoms with van der Waals surface area (Å²) in [5.74, 6) is 0.219. The lowest BCUT2D eigenvalue weighted by Crippen LogP contribution is -2.14. The highest BCUT2D eigenvalue weighted by Gasteiger charge is 2.07. The fourth-order valence-electron chi connectivity index (χ4n) is 2.13. The molecule has 0 heterocycles. The molecule has 132 valence electrons. The summed E-state index contributed by atoms with van der Waals surface area (Å²) < 4.78 is 26.7. The van der Waals surface area contributed by atoms with Gasteiger partial charge in [-0.15, -0.1) is 0 Å². The van der Waals surface area contributed by atoms with Gasteiger partial charge in [0.25, 0.3) is 10.0 Å².